The lowest BCUT2D eigenvalue weighted by Crippen LogP contribution is -1.94. The zero-order valence-electron chi connectivity index (χ0n) is 5.20. The van der Waals surface area contributed by atoms with E-state index in [4.69, 9.17) is 23.2 Å². The number of hydrogen-bond acceptors (Lipinski definition) is 3. The Bertz CT molecular complexity index is 285. The van der Waals surface area contributed by atoms with Crippen molar-refractivity contribution in [2.24, 2.45) is 0 Å². The lowest BCUT2D eigenvalue weighted by Gasteiger charge is -1.84. The number of alkyl halides is 1. The minimum absolute atomic E-state index is 0.00403. The van der Waals surface area contributed by atoms with Crippen LogP contribution in [0, 0.1) is 10.1 Å². The van der Waals surface area contributed by atoms with Gasteiger partial charge in [0.25, 0.3) is 0 Å². The smallest absolute Gasteiger partial charge is 0.358 e. The Balaban J connectivity index is 3.07. The van der Waals surface area contributed by atoms with E-state index in [1.54, 1.807) is 0 Å². The molecule has 0 saturated heterocycles. The maximum Gasteiger partial charge on any atom is 0.408 e. The highest BCUT2D eigenvalue weighted by molar-refractivity contribution is 6.32. The van der Waals surface area contributed by atoms with E-state index in [9.17, 15) is 10.1 Å². The lowest BCUT2D eigenvalue weighted by molar-refractivity contribution is -0.389. The van der Waals surface area contributed by atoms with E-state index < -0.39 is 4.92 Å². The highest BCUT2D eigenvalue weighted by atomic mass is 35.5. The van der Waals surface area contributed by atoms with Crippen molar-refractivity contribution in [2.45, 2.75) is 6.00 Å². The van der Waals surface area contributed by atoms with Crippen molar-refractivity contribution in [1.82, 2.24) is 9.78 Å². The molecular formula is C4H3Cl2N3O2. The second-order valence-corrected chi connectivity index (χ2v) is 2.36. The number of hydrogen-bond donors (Lipinski definition) is 0. The standard InChI is InChI=1S/C4H3Cl2N3O2/c5-2-8-1-3(6)4(7-8)9(10)11/h1H,2H2. The van der Waals surface area contributed by atoms with Gasteiger partial charge in [-0.3, -0.25) is 0 Å². The summed E-state index contributed by atoms with van der Waals surface area (Å²) in [6, 6.07) is 0.0492. The summed E-state index contributed by atoms with van der Waals surface area (Å²) in [4.78, 5) is 9.49. The van der Waals surface area contributed by atoms with Crippen molar-refractivity contribution in [2.75, 3.05) is 0 Å². The maximum absolute atomic E-state index is 10.2. The summed E-state index contributed by atoms with van der Waals surface area (Å²) >= 11 is 10.8. The van der Waals surface area contributed by atoms with Crippen LogP contribution in [0.2, 0.25) is 5.02 Å². The topological polar surface area (TPSA) is 61.0 Å². The fourth-order valence-electron chi connectivity index (χ4n) is 0.572. The van der Waals surface area contributed by atoms with E-state index in [0.717, 1.165) is 0 Å². The van der Waals surface area contributed by atoms with E-state index in [1.165, 1.54) is 10.9 Å². The van der Waals surface area contributed by atoms with Crippen LogP contribution in [-0.4, -0.2) is 14.7 Å². The van der Waals surface area contributed by atoms with Crippen LogP contribution in [0.1, 0.15) is 0 Å². The predicted molar refractivity (Wildman–Crippen MR) is 39.7 cm³/mol. The fraction of sp³-hybridized carbons (Fsp3) is 0.250. The van der Waals surface area contributed by atoms with Crippen molar-refractivity contribution < 1.29 is 4.92 Å². The van der Waals surface area contributed by atoms with Gasteiger partial charge in [0.05, 0.1) is 11.3 Å². The van der Waals surface area contributed by atoms with Crippen LogP contribution >= 0.6 is 23.2 Å². The minimum atomic E-state index is -0.661. The molecule has 0 aliphatic rings. The summed E-state index contributed by atoms with van der Waals surface area (Å²) in [5, 5.41) is 13.6. The van der Waals surface area contributed by atoms with Crippen LogP contribution in [0.3, 0.4) is 0 Å². The third-order valence-corrected chi connectivity index (χ3v) is 1.51. The van der Waals surface area contributed by atoms with E-state index in [-0.39, 0.29) is 16.8 Å². The highest BCUT2D eigenvalue weighted by Crippen LogP contribution is 2.21. The van der Waals surface area contributed by atoms with E-state index in [1.807, 2.05) is 0 Å². The Labute approximate surface area is 71.7 Å². The molecule has 1 heterocycles. The second-order valence-electron chi connectivity index (χ2n) is 1.72. The molecule has 5 nitrogen and oxygen atoms in total. The Morgan fingerprint density at radius 2 is 2.45 bits per heavy atom. The molecule has 0 aromatic carbocycles. The van der Waals surface area contributed by atoms with Gasteiger partial charge < -0.3 is 10.1 Å². The molecular weight excluding hydrogens is 193 g/mol. The Morgan fingerprint density at radius 1 is 1.82 bits per heavy atom. The summed E-state index contributed by atoms with van der Waals surface area (Å²) in [7, 11) is 0. The van der Waals surface area contributed by atoms with Gasteiger partial charge in [0.1, 0.15) is 6.00 Å². The molecule has 0 amide bonds. The van der Waals surface area contributed by atoms with Gasteiger partial charge in [-0.05, 0) is 4.92 Å². The van der Waals surface area contributed by atoms with Crippen LogP contribution in [0.4, 0.5) is 5.82 Å². The predicted octanol–water partition coefficient (Wildman–Crippen LogP) is 1.64. The molecule has 1 aromatic rings. The molecule has 0 spiro atoms. The van der Waals surface area contributed by atoms with Gasteiger partial charge in [0, 0.05) is 0 Å². The first-order valence-corrected chi connectivity index (χ1v) is 3.49. The number of nitro groups is 1. The summed E-state index contributed by atoms with van der Waals surface area (Å²) in [6.07, 6.45) is 1.30. The molecule has 0 radical (unpaired) electrons. The van der Waals surface area contributed by atoms with Crippen molar-refractivity contribution in [1.29, 1.82) is 0 Å². The molecule has 0 aliphatic heterocycles. The summed E-state index contributed by atoms with van der Waals surface area (Å²) in [5.41, 5.74) is 0. The molecule has 1 aromatic heterocycles. The normalized spacial score (nSPS) is 10.0. The van der Waals surface area contributed by atoms with Crippen molar-refractivity contribution in [3.8, 4) is 0 Å². The Morgan fingerprint density at radius 3 is 2.73 bits per heavy atom. The molecule has 0 saturated carbocycles. The maximum atomic E-state index is 10.2. The molecule has 60 valence electrons. The zero-order valence-corrected chi connectivity index (χ0v) is 6.71. The monoisotopic (exact) mass is 195 g/mol. The van der Waals surface area contributed by atoms with Gasteiger partial charge in [0.2, 0.25) is 0 Å². The number of rotatable bonds is 2. The first-order chi connectivity index (χ1) is 5.15. The van der Waals surface area contributed by atoms with Gasteiger partial charge in [0.15, 0.2) is 5.02 Å². The van der Waals surface area contributed by atoms with Gasteiger partial charge >= 0.3 is 5.82 Å². The molecule has 1 rings (SSSR count). The first kappa shape index (κ1) is 8.29. The van der Waals surface area contributed by atoms with Crippen LogP contribution in [0.5, 0.6) is 0 Å². The summed E-state index contributed by atoms with van der Waals surface area (Å²) < 4.78 is 1.18. The number of nitrogens with zero attached hydrogens (tertiary/aromatic N) is 3. The molecule has 0 fully saturated rings. The number of aromatic nitrogens is 2. The summed E-state index contributed by atoms with van der Waals surface area (Å²) in [5.74, 6) is -0.368. The zero-order chi connectivity index (χ0) is 8.43. The third-order valence-electron chi connectivity index (χ3n) is 0.995. The molecule has 0 N–H and O–H groups in total. The second kappa shape index (κ2) is 3.06. The van der Waals surface area contributed by atoms with Crippen LogP contribution in [-0.2, 0) is 6.00 Å². The Kier molecular flexibility index (Phi) is 2.31. The van der Waals surface area contributed by atoms with Gasteiger partial charge in [-0.2, -0.15) is 4.68 Å². The molecule has 11 heavy (non-hydrogen) atoms. The van der Waals surface area contributed by atoms with Crippen LogP contribution in [0.15, 0.2) is 6.20 Å². The number of halogens is 2. The van der Waals surface area contributed by atoms with Crippen LogP contribution < -0.4 is 0 Å². The van der Waals surface area contributed by atoms with Gasteiger partial charge in [-0.15, -0.1) is 0 Å². The van der Waals surface area contributed by atoms with E-state index >= 15 is 0 Å². The van der Waals surface area contributed by atoms with E-state index in [2.05, 4.69) is 5.10 Å². The quantitative estimate of drug-likeness (QED) is 0.410. The fourth-order valence-corrected chi connectivity index (χ4v) is 0.914. The Hall–Kier alpha value is -0.810. The van der Waals surface area contributed by atoms with Gasteiger partial charge in [-0.1, -0.05) is 23.2 Å². The van der Waals surface area contributed by atoms with Crippen molar-refractivity contribution in [3.05, 3.63) is 21.3 Å². The summed E-state index contributed by atoms with van der Waals surface area (Å²) in [6.45, 7) is 0. The molecule has 7 heteroatoms. The third kappa shape index (κ3) is 1.61. The van der Waals surface area contributed by atoms with Crippen LogP contribution in [0.25, 0.3) is 0 Å². The minimum Gasteiger partial charge on any atom is -0.358 e. The van der Waals surface area contributed by atoms with Crippen molar-refractivity contribution in [3.63, 3.8) is 0 Å². The molecule has 0 aliphatic carbocycles. The average Bonchev–Trinajstić information content (AvgIpc) is 2.30. The molecule has 0 atom stereocenters. The highest BCUT2D eigenvalue weighted by Gasteiger charge is 2.17. The van der Waals surface area contributed by atoms with Gasteiger partial charge in [-0.25, -0.2) is 0 Å². The SMILES string of the molecule is O=[N+]([O-])c1nn(CCl)cc1Cl. The molecule has 0 bridgehead atoms. The molecule has 0 unspecified atom stereocenters. The lowest BCUT2D eigenvalue weighted by atomic mass is 10.6. The average molecular weight is 196 g/mol. The van der Waals surface area contributed by atoms with Crippen molar-refractivity contribution >= 4 is 29.0 Å². The first-order valence-electron chi connectivity index (χ1n) is 2.58. The van der Waals surface area contributed by atoms with E-state index in [0.29, 0.717) is 0 Å². The largest absolute Gasteiger partial charge is 0.408 e.